The fraction of sp³-hybridized carbons (Fsp3) is 0.683. The van der Waals surface area contributed by atoms with Crippen LogP contribution in [0.3, 0.4) is 0 Å². The van der Waals surface area contributed by atoms with Gasteiger partial charge in [-0.1, -0.05) is 70.2 Å². The van der Waals surface area contributed by atoms with Crippen molar-refractivity contribution in [1.29, 1.82) is 5.26 Å². The third-order valence-corrected chi connectivity index (χ3v) is 11.0. The summed E-state index contributed by atoms with van der Waals surface area (Å²) in [6.07, 6.45) is -0.395. The van der Waals surface area contributed by atoms with Gasteiger partial charge >= 0.3 is 12.4 Å². The first-order chi connectivity index (χ1) is 24.5. The van der Waals surface area contributed by atoms with E-state index in [0.717, 1.165) is 12.0 Å². The van der Waals surface area contributed by atoms with Crippen LogP contribution in [0.1, 0.15) is 123 Å². The van der Waals surface area contributed by atoms with Crippen LogP contribution in [-0.2, 0) is 20.3 Å². The van der Waals surface area contributed by atoms with Crippen LogP contribution in [0, 0.1) is 29.1 Å². The van der Waals surface area contributed by atoms with Gasteiger partial charge in [0.25, 0.3) is 0 Å². The van der Waals surface area contributed by atoms with E-state index in [4.69, 9.17) is 18.9 Å². The van der Waals surface area contributed by atoms with Crippen LogP contribution >= 0.6 is 0 Å². The second kappa shape index (κ2) is 19.4. The Morgan fingerprint density at radius 2 is 1.15 bits per heavy atom. The maximum absolute atomic E-state index is 13.3. The zero-order valence-electron chi connectivity index (χ0n) is 31.5. The summed E-state index contributed by atoms with van der Waals surface area (Å²) < 4.78 is 102. The lowest BCUT2D eigenvalue weighted by Gasteiger charge is -2.33. The highest BCUT2D eigenvalue weighted by Crippen LogP contribution is 2.44. The number of nitrogens with zero attached hydrogens (tertiary/aromatic N) is 1. The van der Waals surface area contributed by atoms with Gasteiger partial charge in [0, 0.05) is 0 Å². The van der Waals surface area contributed by atoms with E-state index in [1.807, 2.05) is 32.9 Å². The molecule has 0 amide bonds. The molecule has 292 valence electrons. The quantitative estimate of drug-likeness (QED) is 0.143. The number of benzene rings is 2. The highest BCUT2D eigenvalue weighted by atomic mass is 19.4. The zero-order chi connectivity index (χ0) is 38.6. The number of hydrogen-bond donors (Lipinski definition) is 0. The molecule has 2 fully saturated rings. The summed E-state index contributed by atoms with van der Waals surface area (Å²) in [5.41, 5.74) is -1.22. The minimum absolute atomic E-state index is 0.00237. The van der Waals surface area contributed by atoms with Crippen molar-refractivity contribution in [2.24, 2.45) is 17.8 Å². The monoisotopic (exact) mass is 741 g/mol. The normalized spacial score (nSPS) is 22.1. The zero-order valence-corrected chi connectivity index (χ0v) is 31.5. The van der Waals surface area contributed by atoms with Crippen molar-refractivity contribution in [2.75, 3.05) is 13.2 Å². The van der Waals surface area contributed by atoms with Gasteiger partial charge in [-0.2, -0.15) is 31.6 Å². The standard InChI is InChI=1S/C21H28F3NO2.C20H29F3O2/c1-4-20(3,14-25)17-9-11-18(12-10-17)27-15(2)26-13-16-7-5-6-8-19(16)21(22,23)24;1-4-19(3,20(21,22)23)17-10-12-18(13-11-17)25-15(2)24-14-16-8-6-5-7-9-16/h9-12,15-16,19H,4-8,13H2,1-3H3;10-13,15-16H,4-9,14H2,1-3H3. The van der Waals surface area contributed by atoms with E-state index in [9.17, 15) is 31.6 Å². The van der Waals surface area contributed by atoms with Crippen LogP contribution in [0.5, 0.6) is 11.5 Å². The molecule has 6 unspecified atom stereocenters. The molecule has 0 aromatic heterocycles. The molecule has 4 rings (SSSR count). The van der Waals surface area contributed by atoms with E-state index in [2.05, 4.69) is 6.07 Å². The summed E-state index contributed by atoms with van der Waals surface area (Å²) in [6.45, 7) is 10.9. The largest absolute Gasteiger partial charge is 0.465 e. The maximum Gasteiger partial charge on any atom is 0.398 e. The Kier molecular flexibility index (Phi) is 16.2. The van der Waals surface area contributed by atoms with Crippen molar-refractivity contribution in [3.05, 3.63) is 59.7 Å². The lowest BCUT2D eigenvalue weighted by molar-refractivity contribution is -0.207. The predicted molar refractivity (Wildman–Crippen MR) is 190 cm³/mol. The average molecular weight is 742 g/mol. The first kappa shape index (κ1) is 43.4. The highest BCUT2D eigenvalue weighted by molar-refractivity contribution is 5.36. The van der Waals surface area contributed by atoms with E-state index >= 15 is 0 Å². The number of rotatable bonds is 14. The van der Waals surface area contributed by atoms with Crippen molar-refractivity contribution in [3.8, 4) is 17.6 Å². The Morgan fingerprint density at radius 1 is 0.673 bits per heavy atom. The van der Waals surface area contributed by atoms with Gasteiger partial charge in [0.1, 0.15) is 11.5 Å². The van der Waals surface area contributed by atoms with Crippen molar-refractivity contribution < 1.29 is 45.3 Å². The van der Waals surface area contributed by atoms with Crippen LogP contribution in [0.15, 0.2) is 48.5 Å². The van der Waals surface area contributed by atoms with Crippen LogP contribution < -0.4 is 9.47 Å². The van der Waals surface area contributed by atoms with Gasteiger partial charge in [-0.15, -0.1) is 0 Å². The van der Waals surface area contributed by atoms with Crippen LogP contribution in [0.2, 0.25) is 0 Å². The third-order valence-electron chi connectivity index (χ3n) is 11.0. The molecule has 11 heteroatoms. The highest BCUT2D eigenvalue weighted by Gasteiger charge is 2.50. The molecule has 0 aliphatic heterocycles. The molecule has 0 saturated heterocycles. The molecule has 2 saturated carbocycles. The lowest BCUT2D eigenvalue weighted by atomic mass is 9.79. The molecule has 0 radical (unpaired) electrons. The topological polar surface area (TPSA) is 60.7 Å². The molecule has 52 heavy (non-hydrogen) atoms. The fourth-order valence-corrected chi connectivity index (χ4v) is 6.89. The Bertz CT molecular complexity index is 1370. The molecule has 2 aliphatic rings. The van der Waals surface area contributed by atoms with Crippen molar-refractivity contribution in [1.82, 2.24) is 0 Å². The van der Waals surface area contributed by atoms with Gasteiger partial charge in [-0.3, -0.25) is 0 Å². The molecule has 0 heterocycles. The molecule has 2 aliphatic carbocycles. The Labute approximate surface area is 306 Å². The molecule has 0 N–H and O–H groups in total. The molecule has 2 aromatic carbocycles. The molecule has 5 nitrogen and oxygen atoms in total. The van der Waals surface area contributed by atoms with Gasteiger partial charge < -0.3 is 18.9 Å². The summed E-state index contributed by atoms with van der Waals surface area (Å²) >= 11 is 0. The van der Waals surface area contributed by atoms with Crippen LogP contribution in [0.4, 0.5) is 26.3 Å². The Morgan fingerprint density at radius 3 is 1.62 bits per heavy atom. The third kappa shape index (κ3) is 12.3. The number of ether oxygens (including phenoxy) is 4. The second-order valence-electron chi connectivity index (χ2n) is 14.8. The number of alkyl halides is 6. The van der Waals surface area contributed by atoms with Crippen molar-refractivity contribution in [3.63, 3.8) is 0 Å². The summed E-state index contributed by atoms with van der Waals surface area (Å²) in [5.74, 6) is -0.0955. The second-order valence-corrected chi connectivity index (χ2v) is 14.8. The smallest absolute Gasteiger partial charge is 0.398 e. The number of nitriles is 1. The van der Waals surface area contributed by atoms with Crippen molar-refractivity contribution in [2.45, 2.75) is 148 Å². The molecular weight excluding hydrogens is 684 g/mol. The van der Waals surface area contributed by atoms with Gasteiger partial charge in [-0.05, 0) is 113 Å². The first-order valence-electron chi connectivity index (χ1n) is 18.8. The van der Waals surface area contributed by atoms with Gasteiger partial charge in [0.15, 0.2) is 12.6 Å². The van der Waals surface area contributed by atoms with Gasteiger partial charge in [-0.25, -0.2) is 0 Å². The summed E-state index contributed by atoms with van der Waals surface area (Å²) in [4.78, 5) is 0. The van der Waals surface area contributed by atoms with Gasteiger partial charge in [0.2, 0.25) is 0 Å². The summed E-state index contributed by atoms with van der Waals surface area (Å²) in [6, 6.07) is 15.7. The van der Waals surface area contributed by atoms with Crippen LogP contribution in [-0.4, -0.2) is 38.1 Å². The molecule has 6 atom stereocenters. The minimum Gasteiger partial charge on any atom is -0.465 e. The van der Waals surface area contributed by atoms with Crippen LogP contribution in [0.25, 0.3) is 0 Å². The summed E-state index contributed by atoms with van der Waals surface area (Å²) in [5, 5.41) is 9.34. The van der Waals surface area contributed by atoms with E-state index in [1.165, 1.54) is 51.2 Å². The lowest BCUT2D eigenvalue weighted by Crippen LogP contribution is -2.38. The van der Waals surface area contributed by atoms with E-state index in [1.54, 1.807) is 38.1 Å². The number of hydrogen-bond acceptors (Lipinski definition) is 5. The molecule has 0 bridgehead atoms. The molecular formula is C41H57F6NO4. The first-order valence-corrected chi connectivity index (χ1v) is 18.8. The molecule has 2 aromatic rings. The fourth-order valence-electron chi connectivity index (χ4n) is 6.89. The van der Waals surface area contributed by atoms with Crippen molar-refractivity contribution >= 4 is 0 Å². The average Bonchev–Trinajstić information content (AvgIpc) is 3.13. The Hall–Kier alpha value is -2.97. The SMILES string of the molecule is CCC(C)(C#N)c1ccc(OC(C)OCC2CCCCC2C(F)(F)F)cc1.CCC(C)(c1ccc(OC(C)OCC2CCCCC2)cc1)C(F)(F)F. The van der Waals surface area contributed by atoms with E-state index < -0.39 is 47.6 Å². The van der Waals surface area contributed by atoms with E-state index in [-0.39, 0.29) is 25.0 Å². The summed E-state index contributed by atoms with van der Waals surface area (Å²) in [7, 11) is 0. The maximum atomic E-state index is 13.3. The predicted octanol–water partition coefficient (Wildman–Crippen LogP) is 12.2. The van der Waals surface area contributed by atoms with Gasteiger partial charge in [0.05, 0.1) is 36.0 Å². The minimum atomic E-state index is -4.28. The molecule has 0 spiro atoms. The number of halogens is 6. The Balaban J connectivity index is 0.000000281. The van der Waals surface area contributed by atoms with E-state index in [0.29, 0.717) is 43.3 Å².